The fourth-order valence-electron chi connectivity index (χ4n) is 1.67. The van der Waals surface area contributed by atoms with E-state index in [9.17, 15) is 0 Å². The average molecular weight is 226 g/mol. The van der Waals surface area contributed by atoms with Gasteiger partial charge in [0.1, 0.15) is 18.4 Å². The highest BCUT2D eigenvalue weighted by molar-refractivity contribution is 6.18. The van der Waals surface area contributed by atoms with Gasteiger partial charge in [-0.1, -0.05) is 12.1 Å². The van der Waals surface area contributed by atoms with Gasteiger partial charge in [0.2, 0.25) is 5.90 Å². The Morgan fingerprint density at radius 2 is 2.12 bits per heavy atom. The number of fused-ring (bicyclic) bond motifs is 1. The summed E-state index contributed by atoms with van der Waals surface area (Å²) in [5.41, 5.74) is 1.14. The summed E-state index contributed by atoms with van der Waals surface area (Å²) >= 11 is 0. The molecule has 0 spiro atoms. The molecule has 0 bridgehead atoms. The largest absolute Gasteiger partial charge is 0.440 e. The summed E-state index contributed by atoms with van der Waals surface area (Å²) < 4.78 is 5.71. The molecule has 2 aliphatic rings. The fraction of sp³-hybridized carbons (Fsp3) is 0.167. The Balaban J connectivity index is 1.86. The predicted molar refractivity (Wildman–Crippen MR) is 67.4 cm³/mol. The SMILES string of the molecule is Cc1cccc(OC2=NC=NC3=NC=NC32)c1. The number of ether oxygens (including phenoxy) is 1. The summed E-state index contributed by atoms with van der Waals surface area (Å²) in [6.07, 6.45) is 2.92. The molecule has 1 aromatic carbocycles. The molecule has 0 aromatic heterocycles. The Labute approximate surface area is 98.3 Å². The lowest BCUT2D eigenvalue weighted by Gasteiger charge is -2.14. The van der Waals surface area contributed by atoms with E-state index in [2.05, 4.69) is 20.0 Å². The number of nitrogens with zero attached hydrogens (tertiary/aromatic N) is 4. The molecule has 5 nitrogen and oxygen atoms in total. The molecule has 0 N–H and O–H groups in total. The number of aliphatic imine (C=N–C) groups is 4. The van der Waals surface area contributed by atoms with Crippen molar-refractivity contribution >= 4 is 24.4 Å². The second-order valence-electron chi connectivity index (χ2n) is 3.78. The summed E-state index contributed by atoms with van der Waals surface area (Å²) in [5, 5.41) is 0. The molecule has 2 aliphatic heterocycles. The monoisotopic (exact) mass is 226 g/mol. The third-order valence-electron chi connectivity index (χ3n) is 2.47. The van der Waals surface area contributed by atoms with Crippen LogP contribution in [0, 0.1) is 6.92 Å². The number of amidine groups is 1. The summed E-state index contributed by atoms with van der Waals surface area (Å²) in [5.74, 6) is 1.89. The molecule has 0 amide bonds. The number of hydrogen-bond acceptors (Lipinski definition) is 5. The second-order valence-corrected chi connectivity index (χ2v) is 3.78. The van der Waals surface area contributed by atoms with Crippen LogP contribution in [0.2, 0.25) is 0 Å². The van der Waals surface area contributed by atoms with Crippen LogP contribution in [-0.4, -0.2) is 30.5 Å². The van der Waals surface area contributed by atoms with Gasteiger partial charge in [-0.15, -0.1) is 0 Å². The van der Waals surface area contributed by atoms with Crippen LogP contribution in [0.25, 0.3) is 0 Å². The summed E-state index contributed by atoms with van der Waals surface area (Å²) in [6.45, 7) is 2.01. The van der Waals surface area contributed by atoms with Crippen molar-refractivity contribution in [1.82, 2.24) is 0 Å². The molecule has 17 heavy (non-hydrogen) atoms. The van der Waals surface area contributed by atoms with Crippen molar-refractivity contribution in [3.63, 3.8) is 0 Å². The highest BCUT2D eigenvalue weighted by Gasteiger charge is 2.28. The molecular weight excluding hydrogens is 216 g/mol. The highest BCUT2D eigenvalue weighted by Crippen LogP contribution is 2.17. The van der Waals surface area contributed by atoms with Crippen molar-refractivity contribution in [2.75, 3.05) is 0 Å². The molecule has 0 aliphatic carbocycles. The molecule has 0 saturated heterocycles. The Morgan fingerprint density at radius 3 is 3.00 bits per heavy atom. The first-order chi connectivity index (χ1) is 8.33. The van der Waals surface area contributed by atoms with E-state index in [0.29, 0.717) is 11.7 Å². The van der Waals surface area contributed by atoms with Crippen molar-refractivity contribution in [2.24, 2.45) is 20.0 Å². The molecule has 1 aromatic rings. The van der Waals surface area contributed by atoms with Gasteiger partial charge in [-0.25, -0.2) is 15.0 Å². The predicted octanol–water partition coefficient (Wildman–Crippen LogP) is 1.62. The van der Waals surface area contributed by atoms with Gasteiger partial charge in [0.15, 0.2) is 11.9 Å². The van der Waals surface area contributed by atoms with E-state index < -0.39 is 0 Å². The minimum absolute atomic E-state index is 0.291. The topological polar surface area (TPSA) is 58.7 Å². The molecule has 3 rings (SSSR count). The zero-order valence-electron chi connectivity index (χ0n) is 9.24. The van der Waals surface area contributed by atoms with Crippen LogP contribution in [0.1, 0.15) is 5.56 Å². The van der Waals surface area contributed by atoms with E-state index in [4.69, 9.17) is 4.74 Å². The Kier molecular flexibility index (Phi) is 2.29. The minimum atomic E-state index is -0.291. The highest BCUT2D eigenvalue weighted by atomic mass is 16.5. The van der Waals surface area contributed by atoms with Crippen LogP contribution >= 0.6 is 0 Å². The van der Waals surface area contributed by atoms with Gasteiger partial charge >= 0.3 is 0 Å². The van der Waals surface area contributed by atoms with Crippen molar-refractivity contribution in [3.05, 3.63) is 29.8 Å². The van der Waals surface area contributed by atoms with E-state index in [-0.39, 0.29) is 6.04 Å². The smallest absolute Gasteiger partial charge is 0.228 e. The van der Waals surface area contributed by atoms with Crippen LogP contribution in [0.5, 0.6) is 5.75 Å². The van der Waals surface area contributed by atoms with Gasteiger partial charge < -0.3 is 4.74 Å². The van der Waals surface area contributed by atoms with Crippen LogP contribution < -0.4 is 4.74 Å². The average Bonchev–Trinajstić information content (AvgIpc) is 2.78. The molecule has 2 heterocycles. The van der Waals surface area contributed by atoms with Gasteiger partial charge in [-0.3, -0.25) is 4.99 Å². The van der Waals surface area contributed by atoms with Gasteiger partial charge in [0.05, 0.1) is 0 Å². The maximum atomic E-state index is 5.71. The van der Waals surface area contributed by atoms with E-state index >= 15 is 0 Å². The van der Waals surface area contributed by atoms with Gasteiger partial charge in [0, 0.05) is 0 Å². The summed E-state index contributed by atoms with van der Waals surface area (Å²) in [7, 11) is 0. The van der Waals surface area contributed by atoms with Crippen molar-refractivity contribution < 1.29 is 4.74 Å². The lowest BCUT2D eigenvalue weighted by molar-refractivity contribution is 0.533. The number of benzene rings is 1. The molecular formula is C12H10N4O. The molecule has 84 valence electrons. The standard InChI is InChI=1S/C12H10N4O/c1-8-3-2-4-9(5-8)17-12-10-11(14-6-13-10)15-7-16-12/h2-7,10H,1H3. The minimum Gasteiger partial charge on any atom is -0.440 e. The number of hydrogen-bond donors (Lipinski definition) is 0. The quantitative estimate of drug-likeness (QED) is 0.717. The molecule has 1 unspecified atom stereocenters. The van der Waals surface area contributed by atoms with E-state index in [0.717, 1.165) is 11.3 Å². The van der Waals surface area contributed by atoms with Gasteiger partial charge in [0.25, 0.3) is 0 Å². The first-order valence-corrected chi connectivity index (χ1v) is 5.27. The zero-order valence-corrected chi connectivity index (χ0v) is 9.24. The summed E-state index contributed by atoms with van der Waals surface area (Å²) in [4.78, 5) is 16.3. The van der Waals surface area contributed by atoms with Crippen LogP contribution in [0.3, 0.4) is 0 Å². The van der Waals surface area contributed by atoms with Crippen LogP contribution in [0.15, 0.2) is 44.2 Å². The summed E-state index contributed by atoms with van der Waals surface area (Å²) in [6, 6.07) is 7.49. The van der Waals surface area contributed by atoms with Crippen LogP contribution in [0.4, 0.5) is 0 Å². The zero-order chi connectivity index (χ0) is 11.7. The van der Waals surface area contributed by atoms with Gasteiger partial charge in [-0.2, -0.15) is 0 Å². The lowest BCUT2D eigenvalue weighted by atomic mass is 10.2. The Hall–Kier alpha value is -2.30. The normalized spacial score (nSPS) is 20.9. The molecule has 0 saturated carbocycles. The Morgan fingerprint density at radius 1 is 1.18 bits per heavy atom. The van der Waals surface area contributed by atoms with Crippen molar-refractivity contribution in [1.29, 1.82) is 0 Å². The molecule has 0 radical (unpaired) electrons. The van der Waals surface area contributed by atoms with E-state index in [1.807, 2.05) is 31.2 Å². The van der Waals surface area contributed by atoms with Crippen LogP contribution in [-0.2, 0) is 0 Å². The first-order valence-electron chi connectivity index (χ1n) is 5.27. The maximum absolute atomic E-state index is 5.71. The third-order valence-corrected chi connectivity index (χ3v) is 2.47. The molecule has 0 fully saturated rings. The van der Waals surface area contributed by atoms with E-state index in [1.165, 1.54) is 12.7 Å². The first kappa shape index (κ1) is 9.89. The number of aryl methyl sites for hydroxylation is 1. The molecule has 5 heteroatoms. The fourth-order valence-corrected chi connectivity index (χ4v) is 1.67. The maximum Gasteiger partial charge on any atom is 0.228 e. The Bertz CT molecular complexity index is 572. The van der Waals surface area contributed by atoms with Crippen molar-refractivity contribution in [3.8, 4) is 5.75 Å². The molecule has 1 atom stereocenters. The third kappa shape index (κ3) is 1.87. The number of rotatable bonds is 1. The van der Waals surface area contributed by atoms with Gasteiger partial charge in [-0.05, 0) is 24.6 Å². The van der Waals surface area contributed by atoms with Crippen molar-refractivity contribution in [2.45, 2.75) is 13.0 Å². The lowest BCUT2D eigenvalue weighted by Crippen LogP contribution is -2.32. The van der Waals surface area contributed by atoms with E-state index in [1.54, 1.807) is 0 Å². The second kappa shape index (κ2) is 3.93.